The predicted molar refractivity (Wildman–Crippen MR) is 56.4 cm³/mol. The third-order valence-corrected chi connectivity index (χ3v) is 3.96. The van der Waals surface area contributed by atoms with Crippen LogP contribution in [0.4, 0.5) is 0 Å². The SMILES string of the molecule is CC(C)(C)c1cc2c(s1)COCC2. The molecule has 0 saturated heterocycles. The Balaban J connectivity index is 2.36. The second kappa shape index (κ2) is 3.10. The normalized spacial score (nSPS) is 17.2. The van der Waals surface area contributed by atoms with E-state index < -0.39 is 0 Å². The monoisotopic (exact) mass is 196 g/mol. The summed E-state index contributed by atoms with van der Waals surface area (Å²) in [6.45, 7) is 8.53. The number of hydrogen-bond acceptors (Lipinski definition) is 2. The Kier molecular flexibility index (Phi) is 2.20. The van der Waals surface area contributed by atoms with Crippen LogP contribution in [-0.4, -0.2) is 6.61 Å². The number of thiophene rings is 1. The molecular weight excluding hydrogens is 180 g/mol. The minimum Gasteiger partial charge on any atom is -0.376 e. The maximum Gasteiger partial charge on any atom is 0.0812 e. The topological polar surface area (TPSA) is 9.23 Å². The number of ether oxygens (including phenoxy) is 1. The van der Waals surface area contributed by atoms with E-state index in [2.05, 4.69) is 26.8 Å². The van der Waals surface area contributed by atoms with Crippen molar-refractivity contribution in [3.63, 3.8) is 0 Å². The van der Waals surface area contributed by atoms with Crippen molar-refractivity contribution in [2.75, 3.05) is 6.61 Å². The fourth-order valence-electron chi connectivity index (χ4n) is 1.52. The van der Waals surface area contributed by atoms with Crippen LogP contribution in [0.15, 0.2) is 6.07 Å². The molecule has 0 atom stereocenters. The molecule has 1 aromatic rings. The van der Waals surface area contributed by atoms with Crippen LogP contribution in [0.3, 0.4) is 0 Å². The van der Waals surface area contributed by atoms with Gasteiger partial charge in [0.05, 0.1) is 13.2 Å². The molecule has 13 heavy (non-hydrogen) atoms. The van der Waals surface area contributed by atoms with E-state index in [1.807, 2.05) is 11.3 Å². The summed E-state index contributed by atoms with van der Waals surface area (Å²) >= 11 is 1.92. The third kappa shape index (κ3) is 1.79. The van der Waals surface area contributed by atoms with Gasteiger partial charge in [0.25, 0.3) is 0 Å². The summed E-state index contributed by atoms with van der Waals surface area (Å²) in [5, 5.41) is 0. The first-order chi connectivity index (χ1) is 6.07. The van der Waals surface area contributed by atoms with Gasteiger partial charge < -0.3 is 4.74 Å². The molecule has 0 amide bonds. The lowest BCUT2D eigenvalue weighted by Gasteiger charge is -2.15. The van der Waals surface area contributed by atoms with Gasteiger partial charge in [-0.1, -0.05) is 20.8 Å². The average Bonchev–Trinajstić information content (AvgIpc) is 2.45. The first-order valence-electron chi connectivity index (χ1n) is 4.77. The lowest BCUT2D eigenvalue weighted by Crippen LogP contribution is -2.08. The van der Waals surface area contributed by atoms with Crippen molar-refractivity contribution in [3.05, 3.63) is 21.4 Å². The Bertz CT molecular complexity index is 283. The Labute approximate surface area is 83.7 Å². The van der Waals surface area contributed by atoms with E-state index >= 15 is 0 Å². The smallest absolute Gasteiger partial charge is 0.0812 e. The van der Waals surface area contributed by atoms with Crippen molar-refractivity contribution in [1.82, 2.24) is 0 Å². The summed E-state index contributed by atoms with van der Waals surface area (Å²) < 4.78 is 5.43. The van der Waals surface area contributed by atoms with E-state index in [9.17, 15) is 0 Å². The molecule has 0 N–H and O–H groups in total. The molecule has 1 aromatic heterocycles. The van der Waals surface area contributed by atoms with Crippen LogP contribution in [0.1, 0.15) is 36.1 Å². The van der Waals surface area contributed by atoms with Gasteiger partial charge in [0.15, 0.2) is 0 Å². The quantitative estimate of drug-likeness (QED) is 0.619. The molecule has 72 valence electrons. The van der Waals surface area contributed by atoms with Crippen LogP contribution in [0, 0.1) is 0 Å². The number of hydrogen-bond donors (Lipinski definition) is 0. The van der Waals surface area contributed by atoms with Gasteiger partial charge in [-0.15, -0.1) is 11.3 Å². The Morgan fingerprint density at radius 1 is 1.38 bits per heavy atom. The van der Waals surface area contributed by atoms with Crippen molar-refractivity contribution in [2.24, 2.45) is 0 Å². The van der Waals surface area contributed by atoms with Gasteiger partial charge in [-0.25, -0.2) is 0 Å². The second-order valence-corrected chi connectivity index (χ2v) is 5.75. The molecule has 0 bridgehead atoms. The van der Waals surface area contributed by atoms with Gasteiger partial charge in [0, 0.05) is 9.75 Å². The second-order valence-electron chi connectivity index (χ2n) is 4.61. The molecule has 0 spiro atoms. The summed E-state index contributed by atoms with van der Waals surface area (Å²) in [5.41, 5.74) is 1.81. The van der Waals surface area contributed by atoms with Crippen molar-refractivity contribution in [2.45, 2.75) is 39.2 Å². The van der Waals surface area contributed by atoms with Crippen LogP contribution in [0.25, 0.3) is 0 Å². The van der Waals surface area contributed by atoms with E-state index in [0.717, 1.165) is 19.6 Å². The maximum absolute atomic E-state index is 5.43. The van der Waals surface area contributed by atoms with Crippen LogP contribution in [0.5, 0.6) is 0 Å². The third-order valence-electron chi connectivity index (χ3n) is 2.38. The molecule has 1 nitrogen and oxygen atoms in total. The molecule has 0 saturated carbocycles. The Hall–Kier alpha value is -0.340. The standard InChI is InChI=1S/C11H16OS/c1-11(2,3)10-6-8-4-5-12-7-9(8)13-10/h6H,4-5,7H2,1-3H3. The highest BCUT2D eigenvalue weighted by atomic mass is 32.1. The Morgan fingerprint density at radius 3 is 2.77 bits per heavy atom. The van der Waals surface area contributed by atoms with Gasteiger partial charge in [0.2, 0.25) is 0 Å². The maximum atomic E-state index is 5.43. The van der Waals surface area contributed by atoms with Crippen molar-refractivity contribution >= 4 is 11.3 Å². The molecule has 0 fully saturated rings. The minimum absolute atomic E-state index is 0.294. The van der Waals surface area contributed by atoms with E-state index in [1.54, 1.807) is 0 Å². The highest BCUT2D eigenvalue weighted by molar-refractivity contribution is 7.12. The summed E-state index contributed by atoms with van der Waals surface area (Å²) in [7, 11) is 0. The Morgan fingerprint density at radius 2 is 2.15 bits per heavy atom. The summed E-state index contributed by atoms with van der Waals surface area (Å²) in [5.74, 6) is 0. The molecule has 2 heterocycles. The highest BCUT2D eigenvalue weighted by Gasteiger charge is 2.20. The van der Waals surface area contributed by atoms with Gasteiger partial charge in [-0.05, 0) is 23.5 Å². The van der Waals surface area contributed by atoms with Gasteiger partial charge in [-0.3, -0.25) is 0 Å². The zero-order chi connectivity index (χ0) is 9.47. The van der Waals surface area contributed by atoms with Crippen molar-refractivity contribution in [3.8, 4) is 0 Å². The first-order valence-corrected chi connectivity index (χ1v) is 5.59. The van der Waals surface area contributed by atoms with E-state index in [1.165, 1.54) is 15.3 Å². The minimum atomic E-state index is 0.294. The van der Waals surface area contributed by atoms with Gasteiger partial charge in [-0.2, -0.15) is 0 Å². The molecule has 1 aliphatic rings. The van der Waals surface area contributed by atoms with Gasteiger partial charge in [0.1, 0.15) is 0 Å². The summed E-state index contributed by atoms with van der Waals surface area (Å²) in [6.07, 6.45) is 1.10. The molecule has 0 unspecified atom stereocenters. The fourth-order valence-corrected chi connectivity index (χ4v) is 2.72. The van der Waals surface area contributed by atoms with Gasteiger partial charge >= 0.3 is 0 Å². The van der Waals surface area contributed by atoms with E-state index in [4.69, 9.17) is 4.74 Å². The molecular formula is C11H16OS. The van der Waals surface area contributed by atoms with E-state index in [-0.39, 0.29) is 0 Å². The molecule has 0 aliphatic carbocycles. The summed E-state index contributed by atoms with van der Waals surface area (Å²) in [6, 6.07) is 2.36. The fraction of sp³-hybridized carbons (Fsp3) is 0.636. The predicted octanol–water partition coefficient (Wildman–Crippen LogP) is 3.12. The lowest BCUT2D eigenvalue weighted by atomic mass is 9.94. The average molecular weight is 196 g/mol. The first kappa shape index (κ1) is 9.22. The number of rotatable bonds is 0. The molecule has 0 radical (unpaired) electrons. The van der Waals surface area contributed by atoms with Crippen LogP contribution < -0.4 is 0 Å². The van der Waals surface area contributed by atoms with Crippen molar-refractivity contribution < 1.29 is 4.74 Å². The van der Waals surface area contributed by atoms with Crippen molar-refractivity contribution in [1.29, 1.82) is 0 Å². The largest absolute Gasteiger partial charge is 0.376 e. The zero-order valence-electron chi connectivity index (χ0n) is 8.52. The summed E-state index contributed by atoms with van der Waals surface area (Å²) in [4.78, 5) is 2.93. The highest BCUT2D eigenvalue weighted by Crippen LogP contribution is 2.34. The molecule has 1 aliphatic heterocycles. The molecule has 2 heteroatoms. The molecule has 2 rings (SSSR count). The molecule has 0 aromatic carbocycles. The van der Waals surface area contributed by atoms with Crippen LogP contribution in [0.2, 0.25) is 0 Å². The number of fused-ring (bicyclic) bond motifs is 1. The zero-order valence-corrected chi connectivity index (χ0v) is 9.33. The van der Waals surface area contributed by atoms with E-state index in [0.29, 0.717) is 5.41 Å². The van der Waals surface area contributed by atoms with Crippen LogP contribution in [-0.2, 0) is 23.2 Å². The van der Waals surface area contributed by atoms with Crippen LogP contribution >= 0.6 is 11.3 Å². The lowest BCUT2D eigenvalue weighted by molar-refractivity contribution is 0.113.